The van der Waals surface area contributed by atoms with Gasteiger partial charge in [0.15, 0.2) is 19.6 Å². The number of amides is 4. The van der Waals surface area contributed by atoms with Crippen LogP contribution in [-0.2, 0) is 18.9 Å². The molecule has 2 saturated heterocycles. The number of quaternary nitrogens is 1. The first-order valence-corrected chi connectivity index (χ1v) is 9.13. The van der Waals surface area contributed by atoms with Crippen molar-refractivity contribution in [1.29, 1.82) is 0 Å². The molecular weight excluding hydrogens is 344 g/mol. The number of ether oxygens (including phenoxy) is 4. The third kappa shape index (κ3) is 3.79. The molecule has 0 radical (unpaired) electrons. The van der Waals surface area contributed by atoms with E-state index in [4.69, 9.17) is 18.9 Å². The molecule has 0 aromatic carbocycles. The van der Waals surface area contributed by atoms with Gasteiger partial charge >= 0.3 is 12.1 Å². The van der Waals surface area contributed by atoms with Gasteiger partial charge in [0.05, 0.1) is 0 Å². The number of hydrogen-bond acceptors (Lipinski definition) is 6. The van der Waals surface area contributed by atoms with Crippen molar-refractivity contribution in [1.82, 2.24) is 15.1 Å². The van der Waals surface area contributed by atoms with E-state index in [1.165, 1.54) is 9.80 Å². The molecular formula is C16H31N4O6+. The van der Waals surface area contributed by atoms with Crippen molar-refractivity contribution in [2.45, 2.75) is 40.0 Å². The summed E-state index contributed by atoms with van der Waals surface area (Å²) >= 11 is 0. The molecule has 10 heteroatoms. The predicted molar refractivity (Wildman–Crippen MR) is 91.4 cm³/mol. The summed E-state index contributed by atoms with van der Waals surface area (Å²) in [5.41, 5.74) is 0. The molecule has 2 heterocycles. The third-order valence-electron chi connectivity index (χ3n) is 4.52. The van der Waals surface area contributed by atoms with E-state index < -0.39 is 12.3 Å². The largest absolute Gasteiger partial charge is 0.428 e. The number of rotatable bonds is 12. The normalized spacial score (nSPS) is 24.3. The topological polar surface area (TPSA) is 89.6 Å². The standard InChI is InChI=1S/C16H30N4O6/c1-5-23-9-18-13-14(19(10-24-6-2)15(21)17-13)20(16(18)22,11-25-7-3)12-26-8-4/h13-14H,5-12H2,1-4H3/p+1. The maximum absolute atomic E-state index is 13.3. The van der Waals surface area contributed by atoms with Crippen LogP contribution in [0.3, 0.4) is 0 Å². The second kappa shape index (κ2) is 9.47. The summed E-state index contributed by atoms with van der Waals surface area (Å²) < 4.78 is 22.0. The van der Waals surface area contributed by atoms with Crippen LogP contribution in [0.15, 0.2) is 0 Å². The van der Waals surface area contributed by atoms with Crippen LogP contribution >= 0.6 is 0 Å². The lowest BCUT2D eigenvalue weighted by molar-refractivity contribution is -0.915. The molecule has 0 bridgehead atoms. The van der Waals surface area contributed by atoms with Crippen LogP contribution in [0.25, 0.3) is 0 Å². The predicted octanol–water partition coefficient (Wildman–Crippen LogP) is 0.892. The molecule has 2 rings (SSSR count). The van der Waals surface area contributed by atoms with Gasteiger partial charge in [-0.05, 0) is 27.7 Å². The molecule has 0 aliphatic carbocycles. The second-order valence-corrected chi connectivity index (χ2v) is 6.05. The zero-order chi connectivity index (χ0) is 19.2. The summed E-state index contributed by atoms with van der Waals surface area (Å²) in [5, 5.41) is 2.88. The summed E-state index contributed by atoms with van der Waals surface area (Å²) in [6.45, 7) is 9.69. The maximum Gasteiger partial charge on any atom is 0.428 e. The van der Waals surface area contributed by atoms with Crippen LogP contribution in [0.2, 0.25) is 0 Å². The van der Waals surface area contributed by atoms with Gasteiger partial charge in [0, 0.05) is 26.4 Å². The zero-order valence-corrected chi connectivity index (χ0v) is 16.1. The summed E-state index contributed by atoms with van der Waals surface area (Å²) in [5.74, 6) is 0. The lowest BCUT2D eigenvalue weighted by Gasteiger charge is -2.37. The molecule has 26 heavy (non-hydrogen) atoms. The van der Waals surface area contributed by atoms with Gasteiger partial charge in [-0.1, -0.05) is 0 Å². The van der Waals surface area contributed by atoms with Crippen LogP contribution in [0.5, 0.6) is 0 Å². The first-order valence-electron chi connectivity index (χ1n) is 9.13. The summed E-state index contributed by atoms with van der Waals surface area (Å²) in [6.07, 6.45) is -1.04. The molecule has 2 aliphatic rings. The average Bonchev–Trinajstić information content (AvgIpc) is 3.07. The lowest BCUT2D eigenvalue weighted by Crippen LogP contribution is -2.63. The number of nitrogens with zero attached hydrogens (tertiary/aromatic N) is 3. The van der Waals surface area contributed by atoms with Crippen LogP contribution in [-0.4, -0.2) is 92.0 Å². The minimum Gasteiger partial charge on any atom is -0.361 e. The maximum atomic E-state index is 13.3. The van der Waals surface area contributed by atoms with Crippen molar-refractivity contribution in [2.75, 3.05) is 53.4 Å². The van der Waals surface area contributed by atoms with Gasteiger partial charge in [-0.2, -0.15) is 4.48 Å². The van der Waals surface area contributed by atoms with E-state index in [1.807, 2.05) is 27.7 Å². The molecule has 10 nitrogen and oxygen atoms in total. The molecule has 4 amide bonds. The van der Waals surface area contributed by atoms with Gasteiger partial charge in [0.2, 0.25) is 6.17 Å². The molecule has 2 aliphatic heterocycles. The third-order valence-corrected chi connectivity index (χ3v) is 4.52. The fourth-order valence-corrected chi connectivity index (χ4v) is 3.30. The Bertz CT molecular complexity index is 477. The molecule has 0 saturated carbocycles. The highest BCUT2D eigenvalue weighted by atomic mass is 16.5. The zero-order valence-electron chi connectivity index (χ0n) is 16.1. The number of carbonyl (C=O) groups excluding carboxylic acids is 2. The molecule has 2 atom stereocenters. The van der Waals surface area contributed by atoms with Gasteiger partial charge in [-0.25, -0.2) is 19.4 Å². The Hall–Kier alpha value is -1.46. The number of urea groups is 2. The van der Waals surface area contributed by atoms with Gasteiger partial charge in [-0.3, -0.25) is 0 Å². The van der Waals surface area contributed by atoms with Gasteiger partial charge < -0.3 is 24.3 Å². The Balaban J connectivity index is 2.38. The van der Waals surface area contributed by atoms with Crippen LogP contribution in [0.4, 0.5) is 9.59 Å². The Morgan fingerprint density at radius 2 is 1.35 bits per heavy atom. The minimum atomic E-state index is -0.525. The van der Waals surface area contributed by atoms with Crippen molar-refractivity contribution in [2.24, 2.45) is 0 Å². The average molecular weight is 375 g/mol. The van der Waals surface area contributed by atoms with E-state index in [2.05, 4.69) is 5.32 Å². The number of nitrogens with one attached hydrogen (secondary N) is 1. The van der Waals surface area contributed by atoms with Gasteiger partial charge in [-0.15, -0.1) is 0 Å². The SMILES string of the molecule is CCOCN1C(=O)[N+](COCC)(COCC)C2C1NC(=O)N2COCC. The fourth-order valence-electron chi connectivity index (χ4n) is 3.30. The minimum absolute atomic E-state index is 0.0947. The number of carbonyl (C=O) groups is 2. The van der Waals surface area contributed by atoms with Gasteiger partial charge in [0.25, 0.3) is 0 Å². The van der Waals surface area contributed by atoms with Crippen molar-refractivity contribution in [3.8, 4) is 0 Å². The highest BCUT2D eigenvalue weighted by molar-refractivity contribution is 5.81. The molecule has 150 valence electrons. The summed E-state index contributed by atoms with van der Waals surface area (Å²) in [6, 6.07) is -0.477. The second-order valence-electron chi connectivity index (χ2n) is 6.05. The van der Waals surface area contributed by atoms with E-state index in [0.717, 1.165) is 0 Å². The molecule has 0 aromatic rings. The van der Waals surface area contributed by atoms with Gasteiger partial charge in [0.1, 0.15) is 13.5 Å². The number of fused-ring (bicyclic) bond motifs is 1. The van der Waals surface area contributed by atoms with E-state index in [-0.39, 0.29) is 43.5 Å². The Kier molecular flexibility index (Phi) is 7.59. The van der Waals surface area contributed by atoms with Crippen LogP contribution in [0.1, 0.15) is 27.7 Å². The molecule has 1 N–H and O–H groups in total. The Morgan fingerprint density at radius 1 is 0.846 bits per heavy atom. The summed E-state index contributed by atoms with van der Waals surface area (Å²) in [7, 11) is 0. The van der Waals surface area contributed by atoms with E-state index in [1.54, 1.807) is 0 Å². The Labute approximate surface area is 154 Å². The molecule has 2 fully saturated rings. The summed E-state index contributed by atoms with van der Waals surface area (Å²) in [4.78, 5) is 28.9. The monoisotopic (exact) mass is 375 g/mol. The van der Waals surface area contributed by atoms with Crippen LogP contribution < -0.4 is 5.32 Å². The van der Waals surface area contributed by atoms with Crippen LogP contribution in [0, 0.1) is 0 Å². The van der Waals surface area contributed by atoms with E-state index >= 15 is 0 Å². The highest BCUT2D eigenvalue weighted by Crippen LogP contribution is 2.36. The van der Waals surface area contributed by atoms with Crippen molar-refractivity contribution >= 4 is 12.1 Å². The van der Waals surface area contributed by atoms with E-state index in [9.17, 15) is 9.59 Å². The lowest BCUT2D eigenvalue weighted by atomic mass is 10.3. The van der Waals surface area contributed by atoms with Crippen molar-refractivity contribution in [3.05, 3.63) is 0 Å². The number of hydrogen-bond donors (Lipinski definition) is 1. The molecule has 0 aromatic heterocycles. The molecule has 0 spiro atoms. The molecule has 2 unspecified atom stereocenters. The fraction of sp³-hybridized carbons (Fsp3) is 0.875. The first kappa shape index (κ1) is 20.8. The van der Waals surface area contributed by atoms with E-state index in [0.29, 0.717) is 26.4 Å². The highest BCUT2D eigenvalue weighted by Gasteiger charge is 2.67. The Morgan fingerprint density at radius 3 is 1.85 bits per heavy atom. The van der Waals surface area contributed by atoms with Crippen molar-refractivity contribution in [3.63, 3.8) is 0 Å². The quantitative estimate of drug-likeness (QED) is 0.510. The smallest absolute Gasteiger partial charge is 0.361 e. The first-order chi connectivity index (χ1) is 12.6. The van der Waals surface area contributed by atoms with Crippen molar-refractivity contribution < 1.29 is 33.0 Å².